The smallest absolute Gasteiger partial charge is 0.296 e. The van der Waals surface area contributed by atoms with E-state index in [1.165, 1.54) is 24.3 Å². The molecule has 0 aliphatic heterocycles. The maximum atomic E-state index is 12.8. The lowest BCUT2D eigenvalue weighted by Gasteiger charge is -2.21. The molecule has 0 bridgehead atoms. The van der Waals surface area contributed by atoms with Crippen molar-refractivity contribution in [1.82, 2.24) is 4.98 Å². The topological polar surface area (TPSA) is 67.3 Å². The third kappa shape index (κ3) is 4.70. The summed E-state index contributed by atoms with van der Waals surface area (Å²) in [6.07, 6.45) is -1.94. The van der Waals surface area contributed by atoms with Crippen LogP contribution in [0.1, 0.15) is 48.7 Å². The summed E-state index contributed by atoms with van der Waals surface area (Å²) < 4.78 is 38.4. The summed E-state index contributed by atoms with van der Waals surface area (Å²) in [5.41, 5.74) is -0.0136. The van der Waals surface area contributed by atoms with Gasteiger partial charge in [0.2, 0.25) is 11.8 Å². The van der Waals surface area contributed by atoms with Gasteiger partial charge in [-0.2, -0.15) is 13.2 Å². The molecule has 3 rings (SSSR count). The van der Waals surface area contributed by atoms with E-state index >= 15 is 0 Å². The molecule has 8 heteroatoms. The van der Waals surface area contributed by atoms with Gasteiger partial charge in [0.1, 0.15) is 11.5 Å². The highest BCUT2D eigenvalue weighted by Gasteiger charge is 2.37. The number of alkyl halides is 3. The fourth-order valence-corrected chi connectivity index (χ4v) is 2.93. The number of rotatable bonds is 6. The SMILES string of the molecule is CCCC(=O)N(C(=O)C1CC1)c1cc(-c2ccc(C(F)(F)F)cc2)cc(C=O)n1. The molecular formula is C21H19F3N2O3. The highest BCUT2D eigenvalue weighted by molar-refractivity contribution is 6.15. The molecule has 1 fully saturated rings. The zero-order chi connectivity index (χ0) is 21.2. The van der Waals surface area contributed by atoms with Crippen LogP contribution in [0.2, 0.25) is 0 Å². The molecule has 1 heterocycles. The van der Waals surface area contributed by atoms with E-state index in [-0.39, 0.29) is 29.8 Å². The minimum absolute atomic E-state index is 0.0137. The minimum Gasteiger partial charge on any atom is -0.296 e. The predicted molar refractivity (Wildman–Crippen MR) is 100 cm³/mol. The molecule has 1 aromatic carbocycles. The van der Waals surface area contributed by atoms with Crippen LogP contribution in [0.4, 0.5) is 19.0 Å². The first-order valence-electron chi connectivity index (χ1n) is 9.26. The van der Waals surface area contributed by atoms with Gasteiger partial charge in [-0.3, -0.25) is 14.4 Å². The van der Waals surface area contributed by atoms with E-state index in [0.717, 1.165) is 17.0 Å². The third-order valence-electron chi connectivity index (χ3n) is 4.59. The number of amides is 2. The average molecular weight is 404 g/mol. The second kappa shape index (κ2) is 8.14. The van der Waals surface area contributed by atoms with E-state index < -0.39 is 17.6 Å². The first kappa shape index (κ1) is 20.7. The third-order valence-corrected chi connectivity index (χ3v) is 4.59. The molecule has 0 spiro atoms. The summed E-state index contributed by atoms with van der Waals surface area (Å²) in [6, 6.07) is 7.28. The number of pyridine rings is 1. The number of carbonyl (C=O) groups is 3. The number of halogens is 3. The zero-order valence-electron chi connectivity index (χ0n) is 15.7. The van der Waals surface area contributed by atoms with Gasteiger partial charge in [0.15, 0.2) is 6.29 Å². The van der Waals surface area contributed by atoms with E-state index in [0.29, 0.717) is 36.7 Å². The quantitative estimate of drug-likeness (QED) is 0.658. The Morgan fingerprint density at radius 1 is 1.14 bits per heavy atom. The van der Waals surface area contributed by atoms with Gasteiger partial charge < -0.3 is 0 Å². The molecule has 0 saturated heterocycles. The van der Waals surface area contributed by atoms with Crippen LogP contribution in [-0.2, 0) is 15.8 Å². The summed E-state index contributed by atoms with van der Waals surface area (Å²) in [6.45, 7) is 1.81. The van der Waals surface area contributed by atoms with Crippen LogP contribution in [0.5, 0.6) is 0 Å². The number of aldehydes is 1. The molecule has 0 N–H and O–H groups in total. The number of imide groups is 1. The predicted octanol–water partition coefficient (Wildman–Crippen LogP) is 4.65. The van der Waals surface area contributed by atoms with Gasteiger partial charge in [0.05, 0.1) is 5.56 Å². The summed E-state index contributed by atoms with van der Waals surface area (Å²) in [5.74, 6) is -1.01. The number of aromatic nitrogens is 1. The van der Waals surface area contributed by atoms with Crippen LogP contribution in [0.25, 0.3) is 11.1 Å². The van der Waals surface area contributed by atoms with Crippen molar-refractivity contribution in [2.24, 2.45) is 5.92 Å². The molecule has 152 valence electrons. The molecule has 0 radical (unpaired) electrons. The summed E-state index contributed by atoms with van der Waals surface area (Å²) in [5, 5.41) is 0. The summed E-state index contributed by atoms with van der Waals surface area (Å²) in [7, 11) is 0. The second-order valence-corrected chi connectivity index (χ2v) is 6.92. The minimum atomic E-state index is -4.46. The van der Waals surface area contributed by atoms with Crippen molar-refractivity contribution >= 4 is 23.9 Å². The number of hydrogen-bond acceptors (Lipinski definition) is 4. The van der Waals surface area contributed by atoms with Crippen LogP contribution in [0.15, 0.2) is 36.4 Å². The first-order valence-corrected chi connectivity index (χ1v) is 9.26. The van der Waals surface area contributed by atoms with Crippen molar-refractivity contribution in [1.29, 1.82) is 0 Å². The van der Waals surface area contributed by atoms with Crippen molar-refractivity contribution in [3.63, 3.8) is 0 Å². The average Bonchev–Trinajstić information content (AvgIpc) is 3.53. The van der Waals surface area contributed by atoms with Crippen LogP contribution < -0.4 is 4.90 Å². The van der Waals surface area contributed by atoms with Gasteiger partial charge in [-0.1, -0.05) is 19.1 Å². The van der Waals surface area contributed by atoms with Gasteiger partial charge >= 0.3 is 6.18 Å². The highest BCUT2D eigenvalue weighted by Crippen LogP contribution is 2.35. The Morgan fingerprint density at radius 2 is 1.79 bits per heavy atom. The van der Waals surface area contributed by atoms with E-state index in [9.17, 15) is 27.6 Å². The molecular weight excluding hydrogens is 385 g/mol. The Morgan fingerprint density at radius 3 is 2.31 bits per heavy atom. The molecule has 1 saturated carbocycles. The van der Waals surface area contributed by atoms with Crippen LogP contribution in [0.3, 0.4) is 0 Å². The van der Waals surface area contributed by atoms with E-state index in [1.54, 1.807) is 6.92 Å². The Bertz CT molecular complexity index is 935. The van der Waals surface area contributed by atoms with Crippen LogP contribution >= 0.6 is 0 Å². The lowest BCUT2D eigenvalue weighted by molar-refractivity contribution is -0.137. The number of carbonyl (C=O) groups excluding carboxylic acids is 3. The van der Waals surface area contributed by atoms with Gasteiger partial charge in [-0.05, 0) is 54.7 Å². The van der Waals surface area contributed by atoms with Gasteiger partial charge in [0, 0.05) is 12.3 Å². The van der Waals surface area contributed by atoms with Crippen LogP contribution in [-0.4, -0.2) is 23.1 Å². The molecule has 1 aromatic heterocycles. The lowest BCUT2D eigenvalue weighted by Crippen LogP contribution is -2.38. The van der Waals surface area contributed by atoms with Crippen molar-refractivity contribution in [2.75, 3.05) is 4.90 Å². The fraction of sp³-hybridized carbons (Fsp3) is 0.333. The zero-order valence-corrected chi connectivity index (χ0v) is 15.7. The van der Waals surface area contributed by atoms with E-state index in [4.69, 9.17) is 0 Å². The molecule has 0 atom stereocenters. The Labute approximate surface area is 165 Å². The summed E-state index contributed by atoms with van der Waals surface area (Å²) in [4.78, 5) is 41.7. The van der Waals surface area contributed by atoms with Gasteiger partial charge in [0.25, 0.3) is 0 Å². The Hall–Kier alpha value is -3.03. The lowest BCUT2D eigenvalue weighted by atomic mass is 10.0. The fourth-order valence-electron chi connectivity index (χ4n) is 2.93. The maximum absolute atomic E-state index is 12.8. The van der Waals surface area contributed by atoms with Crippen molar-refractivity contribution in [2.45, 2.75) is 38.8 Å². The number of anilines is 1. The van der Waals surface area contributed by atoms with Gasteiger partial charge in [-0.25, -0.2) is 9.88 Å². The standard InChI is InChI=1S/C21H19F3N2O3/c1-2-3-19(28)26(20(29)14-4-5-14)18-11-15(10-17(12-27)25-18)13-6-8-16(9-7-13)21(22,23)24/h6-12,14H,2-5H2,1H3. The Kier molecular flexibility index (Phi) is 5.81. The number of benzene rings is 1. The van der Waals surface area contributed by atoms with Crippen molar-refractivity contribution in [3.05, 3.63) is 47.7 Å². The summed E-state index contributed by atoms with van der Waals surface area (Å²) >= 11 is 0. The molecule has 2 aromatic rings. The molecule has 1 aliphatic carbocycles. The monoisotopic (exact) mass is 404 g/mol. The van der Waals surface area contributed by atoms with Crippen LogP contribution in [0, 0.1) is 5.92 Å². The van der Waals surface area contributed by atoms with E-state index in [2.05, 4.69) is 4.98 Å². The number of hydrogen-bond donors (Lipinski definition) is 0. The molecule has 1 aliphatic rings. The largest absolute Gasteiger partial charge is 0.416 e. The molecule has 2 amide bonds. The first-order chi connectivity index (χ1) is 13.7. The van der Waals surface area contributed by atoms with Crippen molar-refractivity contribution in [3.8, 4) is 11.1 Å². The van der Waals surface area contributed by atoms with Crippen molar-refractivity contribution < 1.29 is 27.6 Å². The highest BCUT2D eigenvalue weighted by atomic mass is 19.4. The molecule has 29 heavy (non-hydrogen) atoms. The second-order valence-electron chi connectivity index (χ2n) is 6.92. The molecule has 5 nitrogen and oxygen atoms in total. The Balaban J connectivity index is 2.04. The van der Waals surface area contributed by atoms with E-state index in [1.807, 2.05) is 0 Å². The van der Waals surface area contributed by atoms with Gasteiger partial charge in [-0.15, -0.1) is 0 Å². The maximum Gasteiger partial charge on any atom is 0.416 e. The number of nitrogens with zero attached hydrogens (tertiary/aromatic N) is 2. The normalized spacial score (nSPS) is 13.8. The molecule has 0 unspecified atom stereocenters.